The summed E-state index contributed by atoms with van der Waals surface area (Å²) in [6.07, 6.45) is 0.865. The molecule has 2 aliphatic rings. The van der Waals surface area contributed by atoms with Gasteiger partial charge in [0, 0.05) is 69.2 Å². The molecule has 29 heavy (non-hydrogen) atoms. The Morgan fingerprint density at radius 1 is 1.03 bits per heavy atom. The molecule has 0 spiro atoms. The lowest BCUT2D eigenvalue weighted by atomic mass is 10.0. The van der Waals surface area contributed by atoms with Gasteiger partial charge in [0.25, 0.3) is 5.91 Å². The summed E-state index contributed by atoms with van der Waals surface area (Å²) in [6.45, 7) is 9.72. The molecule has 9 heteroatoms. The van der Waals surface area contributed by atoms with E-state index in [0.717, 1.165) is 49.7 Å². The number of rotatable bonds is 3. The quantitative estimate of drug-likeness (QED) is 0.771. The van der Waals surface area contributed by atoms with Crippen molar-refractivity contribution >= 4 is 17.5 Å². The number of hydrogen-bond acceptors (Lipinski definition) is 7. The maximum absolute atomic E-state index is 12.7. The minimum absolute atomic E-state index is 0.129. The number of aryl methyl sites for hydroxylation is 2. The molecule has 0 aliphatic carbocycles. The number of amides is 2. The molecule has 2 aromatic heterocycles. The number of carbonyl (C=O) groups excluding carboxylic acids is 2. The lowest BCUT2D eigenvalue weighted by Gasteiger charge is -2.36. The molecule has 4 heterocycles. The number of likely N-dealkylation sites (tertiary alicyclic amines) is 1. The fraction of sp³-hybridized carbons (Fsp3) is 0.550. The van der Waals surface area contributed by atoms with E-state index < -0.39 is 0 Å². The molecular formula is C20H26N6O3. The van der Waals surface area contributed by atoms with Crippen LogP contribution in [0.1, 0.15) is 46.8 Å². The molecule has 0 bridgehead atoms. The van der Waals surface area contributed by atoms with Crippen molar-refractivity contribution in [3.05, 3.63) is 34.9 Å². The van der Waals surface area contributed by atoms with E-state index in [1.165, 1.54) is 0 Å². The Hall–Kier alpha value is -2.97. The number of piperazine rings is 1. The van der Waals surface area contributed by atoms with E-state index in [1.54, 1.807) is 18.7 Å². The highest BCUT2D eigenvalue weighted by Crippen LogP contribution is 2.30. The lowest BCUT2D eigenvalue weighted by Crippen LogP contribution is -2.48. The normalized spacial score (nSPS) is 19.7. The van der Waals surface area contributed by atoms with Gasteiger partial charge in [0.2, 0.25) is 5.91 Å². The number of nitrogens with zero attached hydrogens (tertiary/aromatic N) is 6. The number of hydrogen-bond donors (Lipinski definition) is 0. The molecule has 1 atom stereocenters. The van der Waals surface area contributed by atoms with Crippen LogP contribution < -0.4 is 4.90 Å². The van der Waals surface area contributed by atoms with Gasteiger partial charge in [-0.25, -0.2) is 4.63 Å². The van der Waals surface area contributed by atoms with Crippen molar-refractivity contribution in [3.63, 3.8) is 0 Å². The van der Waals surface area contributed by atoms with Crippen LogP contribution in [0.25, 0.3) is 0 Å². The molecule has 0 N–H and O–H groups in total. The fourth-order valence-electron chi connectivity index (χ4n) is 4.11. The summed E-state index contributed by atoms with van der Waals surface area (Å²) in [7, 11) is 0. The van der Waals surface area contributed by atoms with Gasteiger partial charge in [-0.15, -0.1) is 0 Å². The lowest BCUT2D eigenvalue weighted by molar-refractivity contribution is -0.129. The Morgan fingerprint density at radius 2 is 1.79 bits per heavy atom. The first kappa shape index (κ1) is 19.4. The summed E-state index contributed by atoms with van der Waals surface area (Å²) in [5.41, 5.74) is 3.91. The van der Waals surface area contributed by atoms with Gasteiger partial charge in [0.05, 0.1) is 0 Å². The second-order valence-corrected chi connectivity index (χ2v) is 7.82. The average Bonchev–Trinajstić information content (AvgIpc) is 3.36. The number of pyridine rings is 1. The molecule has 9 nitrogen and oxygen atoms in total. The smallest absolute Gasteiger partial charge is 0.278 e. The summed E-state index contributed by atoms with van der Waals surface area (Å²) < 4.78 is 4.67. The standard InChI is InChI=1S/C20H26N6O3/c1-13-10-17(25-8-6-24(7-9-25)15(3)27)11-18(21-13)16-4-5-26(12-16)20(28)19-14(2)22-29-23-19/h10-11,16H,4-9,12H2,1-3H3/t16-/m0/s1. The van der Waals surface area contributed by atoms with Crippen molar-refractivity contribution in [2.24, 2.45) is 0 Å². The van der Waals surface area contributed by atoms with Crippen LogP contribution in [0.15, 0.2) is 16.8 Å². The largest absolute Gasteiger partial charge is 0.368 e. The van der Waals surface area contributed by atoms with Gasteiger partial charge in [-0.1, -0.05) is 5.16 Å². The zero-order valence-corrected chi connectivity index (χ0v) is 17.1. The Kier molecular flexibility index (Phi) is 5.21. The summed E-state index contributed by atoms with van der Waals surface area (Å²) in [4.78, 5) is 35.0. The van der Waals surface area contributed by atoms with E-state index in [0.29, 0.717) is 18.8 Å². The van der Waals surface area contributed by atoms with Crippen molar-refractivity contribution in [1.29, 1.82) is 0 Å². The third-order valence-corrected chi connectivity index (χ3v) is 5.80. The van der Waals surface area contributed by atoms with Crippen LogP contribution in [-0.2, 0) is 4.79 Å². The SMILES string of the molecule is CC(=O)N1CCN(c2cc(C)nc([C@H]3CCN(C(=O)c4nonc4C)C3)c2)CC1. The van der Waals surface area contributed by atoms with Crippen molar-refractivity contribution in [2.45, 2.75) is 33.1 Å². The summed E-state index contributed by atoms with van der Waals surface area (Å²) in [5.74, 6) is 0.181. The van der Waals surface area contributed by atoms with Gasteiger partial charge in [0.15, 0.2) is 5.69 Å². The molecule has 2 amide bonds. The first-order chi connectivity index (χ1) is 13.9. The van der Waals surface area contributed by atoms with E-state index in [2.05, 4.69) is 32.0 Å². The Balaban J connectivity index is 1.46. The molecule has 0 radical (unpaired) electrons. The Morgan fingerprint density at radius 3 is 2.45 bits per heavy atom. The molecule has 0 unspecified atom stereocenters. The van der Waals surface area contributed by atoms with Gasteiger partial charge in [-0.2, -0.15) is 0 Å². The summed E-state index contributed by atoms with van der Waals surface area (Å²) >= 11 is 0. The highest BCUT2D eigenvalue weighted by atomic mass is 16.6. The van der Waals surface area contributed by atoms with Crippen LogP contribution in [0, 0.1) is 13.8 Å². The fourth-order valence-corrected chi connectivity index (χ4v) is 4.11. The van der Waals surface area contributed by atoms with Crippen molar-refractivity contribution in [3.8, 4) is 0 Å². The van der Waals surface area contributed by atoms with Crippen LogP contribution >= 0.6 is 0 Å². The average molecular weight is 398 g/mol. The zero-order valence-electron chi connectivity index (χ0n) is 17.1. The maximum Gasteiger partial charge on any atom is 0.278 e. The molecular weight excluding hydrogens is 372 g/mol. The minimum Gasteiger partial charge on any atom is -0.368 e. The molecule has 154 valence electrons. The van der Waals surface area contributed by atoms with Gasteiger partial charge in [-0.05, 0) is 37.6 Å². The number of anilines is 1. The molecule has 2 saturated heterocycles. The van der Waals surface area contributed by atoms with Gasteiger partial charge in [-0.3, -0.25) is 14.6 Å². The predicted octanol–water partition coefficient (Wildman–Crippen LogP) is 1.38. The van der Waals surface area contributed by atoms with Gasteiger partial charge >= 0.3 is 0 Å². The van der Waals surface area contributed by atoms with Crippen LogP contribution in [0.4, 0.5) is 5.69 Å². The molecule has 0 aromatic carbocycles. The number of aromatic nitrogens is 3. The third-order valence-electron chi connectivity index (χ3n) is 5.80. The summed E-state index contributed by atoms with van der Waals surface area (Å²) in [6, 6.07) is 4.23. The van der Waals surface area contributed by atoms with Crippen LogP contribution in [0.5, 0.6) is 0 Å². The first-order valence-corrected chi connectivity index (χ1v) is 10.00. The van der Waals surface area contributed by atoms with Crippen LogP contribution in [-0.4, -0.2) is 76.2 Å². The van der Waals surface area contributed by atoms with E-state index >= 15 is 0 Å². The zero-order chi connectivity index (χ0) is 20.5. The van der Waals surface area contributed by atoms with E-state index in [4.69, 9.17) is 4.98 Å². The molecule has 2 aromatic rings. The van der Waals surface area contributed by atoms with E-state index in [9.17, 15) is 9.59 Å². The van der Waals surface area contributed by atoms with Crippen LogP contribution in [0.2, 0.25) is 0 Å². The second kappa shape index (κ2) is 7.81. The van der Waals surface area contributed by atoms with Crippen molar-refractivity contribution < 1.29 is 14.2 Å². The van der Waals surface area contributed by atoms with Gasteiger partial charge < -0.3 is 14.7 Å². The third kappa shape index (κ3) is 3.94. The van der Waals surface area contributed by atoms with Crippen LogP contribution in [0.3, 0.4) is 0 Å². The van der Waals surface area contributed by atoms with E-state index in [1.807, 2.05) is 11.8 Å². The minimum atomic E-state index is -0.139. The number of carbonyl (C=O) groups is 2. The molecule has 2 fully saturated rings. The topological polar surface area (TPSA) is 95.7 Å². The van der Waals surface area contributed by atoms with E-state index in [-0.39, 0.29) is 23.4 Å². The summed E-state index contributed by atoms with van der Waals surface area (Å²) in [5, 5.41) is 7.44. The van der Waals surface area contributed by atoms with Gasteiger partial charge in [0.1, 0.15) is 5.69 Å². The molecule has 4 rings (SSSR count). The Bertz CT molecular complexity index is 919. The van der Waals surface area contributed by atoms with Crippen molar-refractivity contribution in [2.75, 3.05) is 44.2 Å². The molecule has 2 aliphatic heterocycles. The molecule has 0 saturated carbocycles. The first-order valence-electron chi connectivity index (χ1n) is 10.00. The van der Waals surface area contributed by atoms with Crippen molar-refractivity contribution in [1.82, 2.24) is 25.1 Å². The Labute approximate surface area is 169 Å². The highest BCUT2D eigenvalue weighted by Gasteiger charge is 2.32. The second-order valence-electron chi connectivity index (χ2n) is 7.82. The monoisotopic (exact) mass is 398 g/mol. The maximum atomic E-state index is 12.7. The highest BCUT2D eigenvalue weighted by molar-refractivity contribution is 5.93. The predicted molar refractivity (Wildman–Crippen MR) is 106 cm³/mol.